The number of ether oxygens (including phenoxy) is 3. The van der Waals surface area contributed by atoms with E-state index in [-0.39, 0.29) is 36.4 Å². The van der Waals surface area contributed by atoms with E-state index in [0.29, 0.717) is 13.1 Å². The Kier molecular flexibility index (Phi) is 18.6. The molecule has 3 saturated heterocycles. The van der Waals surface area contributed by atoms with Crippen LogP contribution in [-0.4, -0.2) is 175 Å². The molecule has 3 aliphatic heterocycles. The molecule has 12 nitrogen and oxygen atoms in total. The molecule has 6 N–H and O–H groups in total. The summed E-state index contributed by atoms with van der Waals surface area (Å²) in [7, 11) is 8.16. The molecule has 6 unspecified atom stereocenters. The van der Waals surface area contributed by atoms with Gasteiger partial charge >= 0.3 is 0 Å². The highest BCUT2D eigenvalue weighted by Crippen LogP contribution is 2.37. The van der Waals surface area contributed by atoms with Crippen LogP contribution in [0.2, 0.25) is 0 Å². The lowest BCUT2D eigenvalue weighted by atomic mass is 9.97. The zero-order valence-corrected chi connectivity index (χ0v) is 29.1. The van der Waals surface area contributed by atoms with Crippen molar-refractivity contribution in [2.75, 3.05) is 60.4 Å². The number of hydrogen-bond acceptors (Lipinski definition) is 12. The van der Waals surface area contributed by atoms with Gasteiger partial charge < -0.3 is 58.3 Å². The third kappa shape index (κ3) is 22.3. The first kappa shape index (κ1) is 41.8. The van der Waals surface area contributed by atoms with Crippen molar-refractivity contribution in [2.45, 2.75) is 56.2 Å². The molecule has 0 amide bonds. The van der Waals surface area contributed by atoms with E-state index in [1.165, 1.54) is 17.5 Å². The summed E-state index contributed by atoms with van der Waals surface area (Å²) in [4.78, 5) is 61.0. The van der Waals surface area contributed by atoms with Crippen LogP contribution in [0.4, 0.5) is 0 Å². The molecule has 0 saturated carbocycles. The van der Waals surface area contributed by atoms with Gasteiger partial charge in [0.05, 0.1) is 24.4 Å². The van der Waals surface area contributed by atoms with E-state index in [0.717, 1.165) is 39.0 Å². The fourth-order valence-electron chi connectivity index (χ4n) is 4.42. The molecule has 0 aliphatic carbocycles. The maximum atomic E-state index is 9.12. The van der Waals surface area contributed by atoms with Gasteiger partial charge in [-0.25, -0.2) is 0 Å². The zero-order valence-electron chi connectivity index (χ0n) is 26.5. The first-order valence-electron chi connectivity index (χ1n) is 14.3. The lowest BCUT2D eigenvalue weighted by molar-refractivity contribution is -0.0467. The molecule has 3 heterocycles. The Morgan fingerprint density at radius 1 is 0.591 bits per heavy atom. The largest absolute Gasteiger partial charge is 0.379 e. The van der Waals surface area contributed by atoms with Gasteiger partial charge in [0.15, 0.2) is 0 Å². The minimum atomic E-state index is -3.11. The molecule has 3 aliphatic rings. The summed E-state index contributed by atoms with van der Waals surface area (Å²) in [6, 6.07) is -0.624. The fourth-order valence-corrected chi connectivity index (χ4v) is 5.83. The Hall–Kier alpha value is -0.230. The highest BCUT2D eigenvalue weighted by atomic mass is 31.2. The van der Waals surface area contributed by atoms with Gasteiger partial charge in [0.25, 0.3) is 0 Å². The number of nitrogens with zero attached hydrogens (tertiary/aromatic N) is 3. The molecule has 0 bridgehead atoms. The van der Waals surface area contributed by atoms with Gasteiger partial charge in [0, 0.05) is 44.7 Å². The van der Waals surface area contributed by atoms with E-state index in [9.17, 15) is 0 Å². The molecule has 0 aromatic heterocycles. The minimum Gasteiger partial charge on any atom is -0.379 e. The first-order chi connectivity index (χ1) is 20.1. The van der Waals surface area contributed by atoms with E-state index in [2.05, 4.69) is 33.6 Å². The summed E-state index contributed by atoms with van der Waals surface area (Å²) in [6.45, 7) is 6.84. The van der Waals surface area contributed by atoms with Crippen LogP contribution in [0.25, 0.3) is 0 Å². The quantitative estimate of drug-likeness (QED) is 0.171. The summed E-state index contributed by atoms with van der Waals surface area (Å²) in [5, 5.41) is 0. The molecule has 3 fully saturated rings. The van der Waals surface area contributed by atoms with Crippen molar-refractivity contribution in [3.8, 4) is 0 Å². The summed E-state index contributed by atoms with van der Waals surface area (Å²) < 4.78 is 16.6. The van der Waals surface area contributed by atoms with E-state index in [1.54, 1.807) is 18.2 Å². The maximum Gasteiger partial charge on any atom is 0.134 e. The van der Waals surface area contributed by atoms with Crippen molar-refractivity contribution in [1.29, 1.82) is 0 Å². The molecule has 4 radical (unpaired) electrons. The second-order valence-electron chi connectivity index (χ2n) is 11.6. The summed E-state index contributed by atoms with van der Waals surface area (Å²) >= 11 is 0. The fraction of sp³-hybridized carbons (Fsp3) is 0.667. The van der Waals surface area contributed by atoms with Gasteiger partial charge in [0.2, 0.25) is 0 Å². The lowest BCUT2D eigenvalue weighted by Crippen LogP contribution is -2.43. The molecule has 17 heteroatoms. The number of hydrogen-bond donors (Lipinski definition) is 6. The van der Waals surface area contributed by atoms with E-state index < -0.39 is 22.0 Å². The topological polar surface area (TPSA) is 159 Å². The monoisotopic (exact) mass is 677 g/mol. The Bertz CT molecular complexity index is 1060. The summed E-state index contributed by atoms with van der Waals surface area (Å²) in [5.41, 5.74) is 0. The number of likely N-dealkylation sites (N-methyl/N-ethyl adjacent to an activating group) is 3. The number of morpholine rings is 1. The molecule has 0 spiro atoms. The lowest BCUT2D eigenvalue weighted by Gasteiger charge is -2.33. The van der Waals surface area contributed by atoms with Crippen LogP contribution >= 0.6 is 22.0 Å². The molecule has 44 heavy (non-hydrogen) atoms. The smallest absolute Gasteiger partial charge is 0.134 e. The van der Waals surface area contributed by atoms with Gasteiger partial charge in [0.1, 0.15) is 37.7 Å². The van der Waals surface area contributed by atoms with Crippen molar-refractivity contribution >= 4 is 56.6 Å². The average molecular weight is 677 g/mol. The molecule has 250 valence electrons. The third-order valence-electron chi connectivity index (χ3n) is 6.36. The Labute approximate surface area is 266 Å². The van der Waals surface area contributed by atoms with E-state index >= 15 is 0 Å². The van der Waals surface area contributed by atoms with Crippen LogP contribution in [0.5, 0.6) is 0 Å². The summed E-state index contributed by atoms with van der Waals surface area (Å²) in [6.07, 6.45) is 16.0. The predicted octanol–water partition coefficient (Wildman–Crippen LogP) is 0.443. The Morgan fingerprint density at radius 2 is 1.00 bits per heavy atom. The van der Waals surface area contributed by atoms with Gasteiger partial charge in [-0.15, -0.1) is 0 Å². The third-order valence-corrected chi connectivity index (χ3v) is 8.31. The van der Waals surface area contributed by atoms with E-state index in [1.807, 2.05) is 28.1 Å². The van der Waals surface area contributed by atoms with Crippen LogP contribution in [0.1, 0.15) is 19.8 Å². The Balaban J connectivity index is 0.000000330. The van der Waals surface area contributed by atoms with Gasteiger partial charge in [-0.3, -0.25) is 0 Å². The van der Waals surface area contributed by atoms with Crippen molar-refractivity contribution in [3.63, 3.8) is 0 Å². The van der Waals surface area contributed by atoms with E-state index in [4.69, 9.17) is 59.3 Å². The van der Waals surface area contributed by atoms with Gasteiger partial charge in [-0.2, -0.15) is 0 Å². The highest BCUT2D eigenvalue weighted by molar-refractivity contribution is 7.66. The SMILES string of the molecule is C=P(O)(O)/C=C/C1CN(C)CC(C)O1.[B]C1CCN(C)CC(/C=C/P(=C)(O)O)O1.[B]C1CN(C)CCC(/C=C/P(=C)(O)O)O1. The van der Waals surface area contributed by atoms with Crippen LogP contribution in [0.15, 0.2) is 35.7 Å². The molecule has 3 rings (SSSR count). The average Bonchev–Trinajstić information content (AvgIpc) is 3.12. The normalized spacial score (nSPS) is 30.8. The first-order valence-corrected chi connectivity index (χ1v) is 20.1. The predicted molar refractivity (Wildman–Crippen MR) is 188 cm³/mol. The zero-order chi connectivity index (χ0) is 33.7. The highest BCUT2D eigenvalue weighted by Gasteiger charge is 2.21. The van der Waals surface area contributed by atoms with Crippen molar-refractivity contribution in [2.24, 2.45) is 0 Å². The van der Waals surface area contributed by atoms with Crippen LogP contribution in [0, 0.1) is 0 Å². The summed E-state index contributed by atoms with van der Waals surface area (Å²) in [5.74, 6) is 3.97. The molecule has 0 aromatic rings. The molecule has 6 atom stereocenters. The van der Waals surface area contributed by atoms with Crippen molar-refractivity contribution < 1.29 is 43.6 Å². The second-order valence-corrected chi connectivity index (χ2v) is 17.2. The second kappa shape index (κ2) is 19.6. The molecular weight excluding hydrogens is 625 g/mol. The minimum absolute atomic E-state index is 0.0656. The van der Waals surface area contributed by atoms with Gasteiger partial charge in [-0.05, 0) is 96.0 Å². The van der Waals surface area contributed by atoms with Crippen molar-refractivity contribution in [1.82, 2.24) is 14.7 Å². The van der Waals surface area contributed by atoms with Crippen LogP contribution < -0.4 is 0 Å². The van der Waals surface area contributed by atoms with Crippen molar-refractivity contribution in [3.05, 3.63) is 35.7 Å². The molecular formula is C27H52B2N3O9P3. The maximum absolute atomic E-state index is 9.12. The Morgan fingerprint density at radius 3 is 1.50 bits per heavy atom. The van der Waals surface area contributed by atoms with Gasteiger partial charge in [-0.1, -0.05) is 6.08 Å². The van der Waals surface area contributed by atoms with Crippen LogP contribution in [-0.2, 0) is 14.2 Å². The number of rotatable bonds is 6. The molecule has 0 aromatic carbocycles. The standard InChI is InChI=1S/2C9H17BNO3P.C9H18NO3P/c1-11-5-3-9(10)14-8(7-11)4-6-15(2,12)13;1-11-5-3-8(14-9(10)7-11)4-6-15(2,12)13;1-8-6-10(2)7-9(13-8)4-5-14(3,11)12/h2*4,6,8-9,12-13H,2-3,5,7H2,1H3;4-5,8-9,11-12H,3,6-7H2,1-2H3/b2*6-4+;5-4+. The van der Waals surface area contributed by atoms with Crippen LogP contribution in [0.3, 0.4) is 0 Å².